The third-order valence-corrected chi connectivity index (χ3v) is 5.34. The van der Waals surface area contributed by atoms with Gasteiger partial charge >= 0.3 is 5.97 Å². The third-order valence-electron chi connectivity index (χ3n) is 5.02. The number of benzene rings is 3. The first kappa shape index (κ1) is 21.7. The molecule has 0 saturated carbocycles. The van der Waals surface area contributed by atoms with Crippen LogP contribution in [-0.4, -0.2) is 16.1 Å². The lowest BCUT2D eigenvalue weighted by Gasteiger charge is -2.14. The summed E-state index contributed by atoms with van der Waals surface area (Å²) in [5.41, 5.74) is 4.11. The Balaban J connectivity index is 1.90. The summed E-state index contributed by atoms with van der Waals surface area (Å²) in [7, 11) is 0. The standard InChI is InChI=1S/C26H26O3S/c1-2-3-4-6-9-19-12-17-23(20-13-15-21(16-14-20)25(27)28)24(18-19)29-26(30)22-10-7-5-8-11-22/h5,7-8,10-18H,2-4,6,9H2,1H3,(H,27,28). The van der Waals surface area contributed by atoms with Gasteiger partial charge in [0.05, 0.1) is 5.56 Å². The second-order valence-electron chi connectivity index (χ2n) is 7.28. The van der Waals surface area contributed by atoms with Gasteiger partial charge in [-0.15, -0.1) is 0 Å². The molecule has 4 heteroatoms. The minimum Gasteiger partial charge on any atom is -0.478 e. The van der Waals surface area contributed by atoms with Crippen molar-refractivity contribution in [1.29, 1.82) is 0 Å². The summed E-state index contributed by atoms with van der Waals surface area (Å²) in [6.45, 7) is 2.21. The predicted octanol–water partition coefficient (Wildman–Crippen LogP) is 6.93. The van der Waals surface area contributed by atoms with E-state index in [0.29, 0.717) is 10.8 Å². The zero-order valence-electron chi connectivity index (χ0n) is 17.1. The second kappa shape index (κ2) is 10.7. The zero-order valence-corrected chi connectivity index (χ0v) is 18.0. The molecule has 0 amide bonds. The monoisotopic (exact) mass is 418 g/mol. The fourth-order valence-electron chi connectivity index (χ4n) is 3.33. The number of unbranched alkanes of at least 4 members (excludes halogenated alkanes) is 3. The van der Waals surface area contributed by atoms with Crippen LogP contribution < -0.4 is 4.74 Å². The Morgan fingerprint density at radius 2 is 1.63 bits per heavy atom. The van der Waals surface area contributed by atoms with Gasteiger partial charge < -0.3 is 9.84 Å². The Morgan fingerprint density at radius 1 is 0.900 bits per heavy atom. The van der Waals surface area contributed by atoms with Crippen LogP contribution in [0.25, 0.3) is 11.1 Å². The fourth-order valence-corrected chi connectivity index (χ4v) is 3.55. The quantitative estimate of drug-likeness (QED) is 0.302. The van der Waals surface area contributed by atoms with Gasteiger partial charge in [0.25, 0.3) is 0 Å². The first-order valence-corrected chi connectivity index (χ1v) is 10.7. The highest BCUT2D eigenvalue weighted by atomic mass is 32.1. The predicted molar refractivity (Wildman–Crippen MR) is 125 cm³/mol. The Morgan fingerprint density at radius 3 is 2.30 bits per heavy atom. The number of hydrogen-bond acceptors (Lipinski definition) is 3. The van der Waals surface area contributed by atoms with E-state index in [1.54, 1.807) is 24.3 Å². The topological polar surface area (TPSA) is 46.5 Å². The van der Waals surface area contributed by atoms with Crippen LogP contribution in [0.5, 0.6) is 5.75 Å². The van der Waals surface area contributed by atoms with Gasteiger partial charge in [0.1, 0.15) is 5.75 Å². The Bertz CT molecular complexity index is 995. The molecule has 0 atom stereocenters. The molecule has 0 heterocycles. The van der Waals surface area contributed by atoms with E-state index in [0.717, 1.165) is 29.5 Å². The number of aryl methyl sites for hydroxylation is 1. The van der Waals surface area contributed by atoms with Crippen LogP contribution in [-0.2, 0) is 6.42 Å². The minimum atomic E-state index is -0.939. The maximum Gasteiger partial charge on any atom is 0.335 e. The summed E-state index contributed by atoms with van der Waals surface area (Å²) in [5.74, 6) is -0.245. The van der Waals surface area contributed by atoms with Crippen LogP contribution in [0.3, 0.4) is 0 Å². The molecule has 1 N–H and O–H groups in total. The minimum absolute atomic E-state index is 0.258. The molecule has 3 aromatic rings. The summed E-state index contributed by atoms with van der Waals surface area (Å²) in [5, 5.41) is 9.58. The molecule has 0 aliphatic carbocycles. The van der Waals surface area contributed by atoms with Crippen LogP contribution in [0.4, 0.5) is 0 Å². The van der Waals surface area contributed by atoms with Crippen LogP contribution in [0, 0.1) is 0 Å². The number of carbonyl (C=O) groups is 1. The highest BCUT2D eigenvalue weighted by Gasteiger charge is 2.13. The molecule has 154 valence electrons. The summed E-state index contributed by atoms with van der Waals surface area (Å²) in [6, 6.07) is 22.7. The van der Waals surface area contributed by atoms with E-state index in [9.17, 15) is 4.79 Å². The molecule has 3 rings (SSSR count). The largest absolute Gasteiger partial charge is 0.478 e. The van der Waals surface area contributed by atoms with Gasteiger partial charge in [0.15, 0.2) is 5.05 Å². The van der Waals surface area contributed by atoms with Crippen molar-refractivity contribution in [3.05, 3.63) is 89.5 Å². The fraction of sp³-hybridized carbons (Fsp3) is 0.231. The van der Waals surface area contributed by atoms with E-state index in [2.05, 4.69) is 19.1 Å². The lowest BCUT2D eigenvalue weighted by Crippen LogP contribution is -2.08. The maximum absolute atomic E-state index is 11.2. The number of carboxylic acids is 1. The molecule has 0 aromatic heterocycles. The van der Waals surface area contributed by atoms with Crippen molar-refractivity contribution in [1.82, 2.24) is 0 Å². The lowest BCUT2D eigenvalue weighted by molar-refractivity contribution is 0.0697. The highest BCUT2D eigenvalue weighted by Crippen LogP contribution is 2.32. The molecule has 0 saturated heterocycles. The molecule has 0 aliphatic heterocycles. The van der Waals surface area contributed by atoms with E-state index < -0.39 is 5.97 Å². The summed E-state index contributed by atoms with van der Waals surface area (Å²) in [4.78, 5) is 11.2. The van der Waals surface area contributed by atoms with Crippen molar-refractivity contribution in [3.63, 3.8) is 0 Å². The van der Waals surface area contributed by atoms with Crippen LogP contribution in [0.1, 0.15) is 54.1 Å². The molecule has 0 fully saturated rings. The molecular weight excluding hydrogens is 392 g/mol. The summed E-state index contributed by atoms with van der Waals surface area (Å²) in [6.07, 6.45) is 5.81. The number of ether oxygens (including phenoxy) is 1. The normalized spacial score (nSPS) is 10.6. The van der Waals surface area contributed by atoms with E-state index in [1.807, 2.05) is 36.4 Å². The molecule has 30 heavy (non-hydrogen) atoms. The number of hydrogen-bond donors (Lipinski definition) is 1. The average molecular weight is 419 g/mol. The smallest absolute Gasteiger partial charge is 0.335 e. The van der Waals surface area contributed by atoms with Crippen LogP contribution in [0.15, 0.2) is 72.8 Å². The summed E-state index contributed by atoms with van der Waals surface area (Å²) >= 11 is 5.53. The number of rotatable bonds is 9. The van der Waals surface area contributed by atoms with Crippen molar-refractivity contribution in [3.8, 4) is 16.9 Å². The van der Waals surface area contributed by atoms with Crippen LogP contribution in [0.2, 0.25) is 0 Å². The molecule has 3 aromatic carbocycles. The van der Waals surface area contributed by atoms with Crippen molar-refractivity contribution in [2.75, 3.05) is 0 Å². The molecule has 0 unspecified atom stereocenters. The van der Waals surface area contributed by atoms with Gasteiger partial charge in [0.2, 0.25) is 0 Å². The van der Waals surface area contributed by atoms with Gasteiger partial charge in [-0.25, -0.2) is 4.79 Å². The first-order valence-electron chi connectivity index (χ1n) is 10.3. The van der Waals surface area contributed by atoms with E-state index in [1.165, 1.54) is 24.8 Å². The van der Waals surface area contributed by atoms with Crippen molar-refractivity contribution in [2.24, 2.45) is 0 Å². The van der Waals surface area contributed by atoms with Gasteiger partial charge in [-0.05, 0) is 54.4 Å². The second-order valence-corrected chi connectivity index (χ2v) is 7.65. The highest BCUT2D eigenvalue weighted by molar-refractivity contribution is 7.80. The average Bonchev–Trinajstić information content (AvgIpc) is 2.77. The first-order chi connectivity index (χ1) is 14.6. The van der Waals surface area contributed by atoms with Gasteiger partial charge in [-0.2, -0.15) is 0 Å². The molecular formula is C26H26O3S. The SMILES string of the molecule is CCCCCCc1ccc(-c2ccc(C(=O)O)cc2)c(OC(=S)c2ccccc2)c1. The van der Waals surface area contributed by atoms with Gasteiger partial charge in [-0.1, -0.05) is 80.8 Å². The van der Waals surface area contributed by atoms with Crippen LogP contribution >= 0.6 is 12.2 Å². The summed E-state index contributed by atoms with van der Waals surface area (Å²) < 4.78 is 6.15. The van der Waals surface area contributed by atoms with Crippen molar-refractivity contribution >= 4 is 23.2 Å². The maximum atomic E-state index is 11.2. The van der Waals surface area contributed by atoms with Crippen molar-refractivity contribution < 1.29 is 14.6 Å². The zero-order chi connectivity index (χ0) is 21.3. The number of carboxylic acid groups (broad SMARTS) is 1. The van der Waals surface area contributed by atoms with Gasteiger partial charge in [0, 0.05) is 11.1 Å². The Kier molecular flexibility index (Phi) is 7.75. The molecule has 3 nitrogen and oxygen atoms in total. The van der Waals surface area contributed by atoms with Gasteiger partial charge in [-0.3, -0.25) is 0 Å². The number of aromatic carboxylic acids is 1. The Labute approximate surface area is 183 Å². The molecule has 0 aliphatic rings. The Hall–Kier alpha value is -2.98. The number of thiocarbonyl (C=S) groups is 1. The third kappa shape index (κ3) is 5.77. The van der Waals surface area contributed by atoms with E-state index in [-0.39, 0.29) is 5.56 Å². The van der Waals surface area contributed by atoms with Crippen molar-refractivity contribution in [2.45, 2.75) is 39.0 Å². The molecule has 0 spiro atoms. The molecule has 0 radical (unpaired) electrons. The van der Waals surface area contributed by atoms with E-state index >= 15 is 0 Å². The van der Waals surface area contributed by atoms with E-state index in [4.69, 9.17) is 22.1 Å². The molecule has 0 bridgehead atoms. The lowest BCUT2D eigenvalue weighted by atomic mass is 9.99.